The summed E-state index contributed by atoms with van der Waals surface area (Å²) in [6.45, 7) is 1.94. The van der Waals surface area contributed by atoms with E-state index in [1.165, 1.54) is 0 Å². The van der Waals surface area contributed by atoms with Crippen molar-refractivity contribution in [3.05, 3.63) is 35.8 Å². The Morgan fingerprint density at radius 1 is 1.05 bits per heavy atom. The van der Waals surface area contributed by atoms with Crippen LogP contribution < -0.4 is 10.6 Å². The number of nitrogens with one attached hydrogen (secondary N) is 2. The SMILES string of the molecule is O=C([C@H]1CC[C@H](Nc2ncc3nc(Nc4c(F)cc(F)cc4F)n([C@H]4CCOC4)c3n2)CC1)N1CC[C@H](O)C1. The number of nitrogens with zero attached hydrogens (tertiary/aromatic N) is 5. The molecule has 2 saturated heterocycles. The molecule has 1 aromatic carbocycles. The smallest absolute Gasteiger partial charge is 0.225 e. The van der Waals surface area contributed by atoms with Crippen LogP contribution >= 0.6 is 0 Å². The number of likely N-dealkylation sites (tertiary alicyclic amines) is 1. The Labute approximate surface area is 222 Å². The second kappa shape index (κ2) is 10.6. The largest absolute Gasteiger partial charge is 0.391 e. The Balaban J connectivity index is 1.20. The minimum Gasteiger partial charge on any atom is -0.391 e. The van der Waals surface area contributed by atoms with Gasteiger partial charge in [-0.1, -0.05) is 0 Å². The molecule has 39 heavy (non-hydrogen) atoms. The number of ether oxygens (including phenoxy) is 1. The van der Waals surface area contributed by atoms with Crippen LogP contribution in [0.3, 0.4) is 0 Å². The fourth-order valence-corrected chi connectivity index (χ4v) is 5.76. The number of aromatic nitrogens is 4. The lowest BCUT2D eigenvalue weighted by atomic mass is 9.85. The van der Waals surface area contributed by atoms with Crippen molar-refractivity contribution >= 4 is 34.7 Å². The lowest BCUT2D eigenvalue weighted by Crippen LogP contribution is -2.38. The average molecular weight is 546 g/mol. The van der Waals surface area contributed by atoms with Crippen LogP contribution in [0.15, 0.2) is 18.3 Å². The summed E-state index contributed by atoms with van der Waals surface area (Å²) in [5.74, 6) is -2.52. The number of aliphatic hydroxyl groups is 1. The van der Waals surface area contributed by atoms with E-state index in [1.54, 1.807) is 15.7 Å². The second-order valence-corrected chi connectivity index (χ2v) is 10.5. The van der Waals surface area contributed by atoms with Crippen molar-refractivity contribution in [2.45, 2.75) is 56.7 Å². The van der Waals surface area contributed by atoms with Gasteiger partial charge in [0, 0.05) is 43.8 Å². The molecule has 3 N–H and O–H groups in total. The van der Waals surface area contributed by atoms with Gasteiger partial charge in [0.2, 0.25) is 17.8 Å². The summed E-state index contributed by atoms with van der Waals surface area (Å²) < 4.78 is 49.5. The van der Waals surface area contributed by atoms with Crippen LogP contribution in [-0.4, -0.2) is 73.9 Å². The molecule has 2 atom stereocenters. The number of hydrogen-bond donors (Lipinski definition) is 3. The lowest BCUT2D eigenvalue weighted by molar-refractivity contribution is -0.135. The molecule has 1 saturated carbocycles. The van der Waals surface area contributed by atoms with Crippen molar-refractivity contribution < 1.29 is 27.8 Å². The maximum atomic E-state index is 14.4. The highest BCUT2D eigenvalue weighted by Crippen LogP contribution is 2.33. The zero-order chi connectivity index (χ0) is 27.1. The maximum absolute atomic E-state index is 14.4. The summed E-state index contributed by atoms with van der Waals surface area (Å²) in [5.41, 5.74) is 0.401. The Hall–Kier alpha value is -3.45. The molecule has 10 nitrogen and oxygen atoms in total. The molecule has 0 bridgehead atoms. The van der Waals surface area contributed by atoms with Crippen molar-refractivity contribution in [1.82, 2.24) is 24.4 Å². The summed E-state index contributed by atoms with van der Waals surface area (Å²) in [4.78, 5) is 28.1. The highest BCUT2D eigenvalue weighted by Gasteiger charge is 2.33. The van der Waals surface area contributed by atoms with Gasteiger partial charge < -0.3 is 25.4 Å². The predicted molar refractivity (Wildman–Crippen MR) is 136 cm³/mol. The molecule has 2 aliphatic heterocycles. The topological polar surface area (TPSA) is 117 Å². The number of amides is 1. The molecular weight excluding hydrogens is 515 g/mol. The van der Waals surface area contributed by atoms with E-state index < -0.39 is 29.2 Å². The standard InChI is InChI=1S/C26H30F3N7O3/c27-15-9-19(28)22(20(29)10-15)33-26-32-21-11-30-25(34-23(21)36(26)17-6-8-39-13-17)31-16-3-1-14(2-4-16)24(38)35-7-5-18(37)12-35/h9-11,14,16-18,37H,1-8,12-13H2,(H,32,33)(H,30,31,34)/t14-,16-,17-,18-/m0/s1. The zero-order valence-corrected chi connectivity index (χ0v) is 21.2. The highest BCUT2D eigenvalue weighted by molar-refractivity contribution is 5.79. The Morgan fingerprint density at radius 2 is 1.82 bits per heavy atom. The molecule has 208 valence electrons. The van der Waals surface area contributed by atoms with Gasteiger partial charge in [-0.2, -0.15) is 4.98 Å². The van der Waals surface area contributed by atoms with Crippen molar-refractivity contribution in [3.63, 3.8) is 0 Å². The van der Waals surface area contributed by atoms with Crippen molar-refractivity contribution in [2.75, 3.05) is 36.9 Å². The van der Waals surface area contributed by atoms with Gasteiger partial charge in [0.25, 0.3) is 0 Å². The predicted octanol–water partition coefficient (Wildman–Crippen LogP) is 3.51. The third-order valence-electron chi connectivity index (χ3n) is 7.83. The summed E-state index contributed by atoms with van der Waals surface area (Å²) >= 11 is 0. The number of fused-ring (bicyclic) bond motifs is 1. The van der Waals surface area contributed by atoms with Crippen LogP contribution in [0.4, 0.5) is 30.8 Å². The molecule has 3 aliphatic rings. The first-order chi connectivity index (χ1) is 18.9. The number of carbonyl (C=O) groups excluding carboxylic acids is 1. The number of anilines is 3. The van der Waals surface area contributed by atoms with Gasteiger partial charge in [-0.05, 0) is 38.5 Å². The van der Waals surface area contributed by atoms with Crippen molar-refractivity contribution in [1.29, 1.82) is 0 Å². The molecule has 1 amide bonds. The second-order valence-electron chi connectivity index (χ2n) is 10.5. The maximum Gasteiger partial charge on any atom is 0.225 e. The van der Waals surface area contributed by atoms with E-state index in [0.717, 1.165) is 25.7 Å². The van der Waals surface area contributed by atoms with Gasteiger partial charge >= 0.3 is 0 Å². The molecule has 1 aliphatic carbocycles. The fourth-order valence-electron chi connectivity index (χ4n) is 5.76. The Morgan fingerprint density at radius 3 is 2.49 bits per heavy atom. The quantitative estimate of drug-likeness (QED) is 0.431. The number of halogens is 3. The van der Waals surface area contributed by atoms with Crippen molar-refractivity contribution in [3.8, 4) is 0 Å². The average Bonchev–Trinajstić information content (AvgIpc) is 3.66. The summed E-state index contributed by atoms with van der Waals surface area (Å²) in [6, 6.07) is 1.13. The van der Waals surface area contributed by atoms with Gasteiger partial charge in [-0.25, -0.2) is 23.1 Å². The van der Waals surface area contributed by atoms with Crippen LogP contribution in [0.5, 0.6) is 0 Å². The number of aliphatic hydroxyl groups excluding tert-OH is 1. The number of carbonyl (C=O) groups is 1. The zero-order valence-electron chi connectivity index (χ0n) is 21.2. The van der Waals surface area contributed by atoms with Gasteiger partial charge in [0.15, 0.2) is 17.3 Å². The molecule has 2 aromatic heterocycles. The molecule has 3 aromatic rings. The van der Waals surface area contributed by atoms with E-state index in [1.807, 2.05) is 0 Å². The Kier molecular flexibility index (Phi) is 7.02. The number of rotatable bonds is 6. The first kappa shape index (κ1) is 25.8. The molecular formula is C26H30F3N7O3. The number of hydrogen-bond acceptors (Lipinski definition) is 8. The van der Waals surface area contributed by atoms with E-state index in [0.29, 0.717) is 68.4 Å². The van der Waals surface area contributed by atoms with Gasteiger partial charge in [0.05, 0.1) is 24.9 Å². The van der Waals surface area contributed by atoms with E-state index >= 15 is 0 Å². The first-order valence-electron chi connectivity index (χ1n) is 13.3. The molecule has 3 fully saturated rings. The molecule has 0 radical (unpaired) electrons. The third kappa shape index (κ3) is 5.24. The normalized spacial score (nSPS) is 25.4. The summed E-state index contributed by atoms with van der Waals surface area (Å²) in [6.07, 6.45) is 5.46. The summed E-state index contributed by atoms with van der Waals surface area (Å²) in [5, 5.41) is 15.8. The Bertz CT molecular complexity index is 1350. The van der Waals surface area contributed by atoms with E-state index in [4.69, 9.17) is 9.72 Å². The number of β-amino-alcohol motifs (C(OH)–C–C–N with tert-alkyl or cyclic N) is 1. The van der Waals surface area contributed by atoms with E-state index in [2.05, 4.69) is 20.6 Å². The van der Waals surface area contributed by atoms with Gasteiger partial charge in [-0.15, -0.1) is 0 Å². The number of benzene rings is 1. The van der Waals surface area contributed by atoms with E-state index in [9.17, 15) is 23.1 Å². The highest BCUT2D eigenvalue weighted by atomic mass is 19.1. The van der Waals surface area contributed by atoms with E-state index in [-0.39, 0.29) is 29.9 Å². The first-order valence-corrected chi connectivity index (χ1v) is 13.3. The van der Waals surface area contributed by atoms with Crippen molar-refractivity contribution in [2.24, 2.45) is 5.92 Å². The molecule has 4 heterocycles. The third-order valence-corrected chi connectivity index (χ3v) is 7.83. The van der Waals surface area contributed by atoms with Crippen LogP contribution in [0.25, 0.3) is 11.2 Å². The molecule has 6 rings (SSSR count). The lowest BCUT2D eigenvalue weighted by Gasteiger charge is -2.30. The van der Waals surface area contributed by atoms with Gasteiger partial charge in [-0.3, -0.25) is 9.36 Å². The van der Waals surface area contributed by atoms with Crippen LogP contribution in [-0.2, 0) is 9.53 Å². The fraction of sp³-hybridized carbons (Fsp3) is 0.538. The van der Waals surface area contributed by atoms with Crippen LogP contribution in [0.2, 0.25) is 0 Å². The van der Waals surface area contributed by atoms with Crippen LogP contribution in [0.1, 0.15) is 44.6 Å². The monoisotopic (exact) mass is 545 g/mol. The minimum atomic E-state index is -1.07. The molecule has 0 unspecified atom stereocenters. The minimum absolute atomic E-state index is 0.0403. The molecule has 13 heteroatoms. The number of imidazole rings is 1. The molecule has 0 spiro atoms. The summed E-state index contributed by atoms with van der Waals surface area (Å²) in [7, 11) is 0. The van der Waals surface area contributed by atoms with Crippen LogP contribution in [0, 0.1) is 23.4 Å². The van der Waals surface area contributed by atoms with Gasteiger partial charge in [0.1, 0.15) is 17.0 Å².